The molecule has 0 amide bonds. The Kier molecular flexibility index (Phi) is 6.05. The summed E-state index contributed by atoms with van der Waals surface area (Å²) in [6.45, 7) is 6.56. The molecule has 0 aliphatic rings. The first kappa shape index (κ1) is 19.7. The summed E-state index contributed by atoms with van der Waals surface area (Å²) in [5.41, 5.74) is 5.84. The van der Waals surface area contributed by atoms with E-state index in [0.717, 1.165) is 28.3 Å². The molecule has 0 aliphatic carbocycles. The predicted octanol–water partition coefficient (Wildman–Crippen LogP) is 5.97. The monoisotopic (exact) mass is 418 g/mol. The summed E-state index contributed by atoms with van der Waals surface area (Å²) in [5.74, 6) is 0. The van der Waals surface area contributed by atoms with Gasteiger partial charge < -0.3 is 10.6 Å². The SMILES string of the molecule is Cc1ccc(NC(=S)Nc2c(C)nn(Cc3ccc(Cl)cc3Cl)c2C)cc1. The average Bonchev–Trinajstić information content (AvgIpc) is 2.87. The molecule has 0 fully saturated rings. The maximum atomic E-state index is 6.29. The second-order valence-electron chi connectivity index (χ2n) is 6.38. The topological polar surface area (TPSA) is 41.9 Å². The molecule has 140 valence electrons. The van der Waals surface area contributed by atoms with E-state index in [2.05, 4.69) is 22.7 Å². The van der Waals surface area contributed by atoms with Gasteiger partial charge in [-0.05, 0) is 62.8 Å². The molecule has 0 radical (unpaired) electrons. The minimum Gasteiger partial charge on any atom is -0.332 e. The molecule has 4 nitrogen and oxygen atoms in total. The van der Waals surface area contributed by atoms with Crippen molar-refractivity contribution < 1.29 is 0 Å². The van der Waals surface area contributed by atoms with Gasteiger partial charge in [0, 0.05) is 15.7 Å². The molecule has 0 unspecified atom stereocenters. The van der Waals surface area contributed by atoms with Gasteiger partial charge in [-0.15, -0.1) is 0 Å². The Morgan fingerprint density at radius 2 is 1.74 bits per heavy atom. The van der Waals surface area contributed by atoms with E-state index in [4.69, 9.17) is 35.4 Å². The molecule has 0 spiro atoms. The van der Waals surface area contributed by atoms with Gasteiger partial charge in [0.15, 0.2) is 5.11 Å². The van der Waals surface area contributed by atoms with Crippen molar-refractivity contribution in [1.29, 1.82) is 0 Å². The molecule has 0 saturated heterocycles. The highest BCUT2D eigenvalue weighted by atomic mass is 35.5. The van der Waals surface area contributed by atoms with Gasteiger partial charge >= 0.3 is 0 Å². The summed E-state index contributed by atoms with van der Waals surface area (Å²) < 4.78 is 1.90. The van der Waals surface area contributed by atoms with Crippen LogP contribution in [0.3, 0.4) is 0 Å². The highest BCUT2D eigenvalue weighted by Crippen LogP contribution is 2.25. The molecule has 2 aromatic carbocycles. The summed E-state index contributed by atoms with van der Waals surface area (Å²) in [6.07, 6.45) is 0. The second-order valence-corrected chi connectivity index (χ2v) is 7.64. The summed E-state index contributed by atoms with van der Waals surface area (Å²) in [5, 5.41) is 12.8. The van der Waals surface area contributed by atoms with Gasteiger partial charge in [0.1, 0.15) is 0 Å². The fraction of sp³-hybridized carbons (Fsp3) is 0.200. The van der Waals surface area contributed by atoms with E-state index >= 15 is 0 Å². The molecule has 0 aliphatic heterocycles. The number of nitrogens with zero attached hydrogens (tertiary/aromatic N) is 2. The van der Waals surface area contributed by atoms with Crippen molar-refractivity contribution in [3.63, 3.8) is 0 Å². The average molecular weight is 419 g/mol. The normalized spacial score (nSPS) is 10.7. The Morgan fingerprint density at radius 3 is 2.41 bits per heavy atom. The summed E-state index contributed by atoms with van der Waals surface area (Å²) in [6, 6.07) is 13.5. The zero-order chi connectivity index (χ0) is 19.6. The molecular formula is C20H20Cl2N4S. The Hall–Kier alpha value is -2.08. The van der Waals surface area contributed by atoms with Crippen LogP contribution in [0.15, 0.2) is 42.5 Å². The highest BCUT2D eigenvalue weighted by Gasteiger charge is 2.14. The van der Waals surface area contributed by atoms with Crippen LogP contribution >= 0.6 is 35.4 Å². The third kappa shape index (κ3) is 4.80. The van der Waals surface area contributed by atoms with Gasteiger partial charge in [-0.3, -0.25) is 4.68 Å². The van der Waals surface area contributed by atoms with E-state index in [1.54, 1.807) is 6.07 Å². The van der Waals surface area contributed by atoms with Gasteiger partial charge in [0.2, 0.25) is 0 Å². The van der Waals surface area contributed by atoms with Crippen LogP contribution in [-0.4, -0.2) is 14.9 Å². The number of aryl methyl sites for hydroxylation is 2. The van der Waals surface area contributed by atoms with E-state index in [1.165, 1.54) is 5.56 Å². The number of halogens is 2. The van der Waals surface area contributed by atoms with Crippen molar-refractivity contribution in [2.24, 2.45) is 0 Å². The Morgan fingerprint density at radius 1 is 1.04 bits per heavy atom. The van der Waals surface area contributed by atoms with E-state index < -0.39 is 0 Å². The summed E-state index contributed by atoms with van der Waals surface area (Å²) in [4.78, 5) is 0. The van der Waals surface area contributed by atoms with Crippen molar-refractivity contribution in [1.82, 2.24) is 9.78 Å². The lowest BCUT2D eigenvalue weighted by atomic mass is 10.2. The fourth-order valence-corrected chi connectivity index (χ4v) is 3.44. The second kappa shape index (κ2) is 8.30. The van der Waals surface area contributed by atoms with Crippen LogP contribution in [0.25, 0.3) is 0 Å². The number of anilines is 2. The molecular weight excluding hydrogens is 399 g/mol. The predicted molar refractivity (Wildman–Crippen MR) is 118 cm³/mol. The zero-order valence-corrected chi connectivity index (χ0v) is 17.6. The molecule has 7 heteroatoms. The molecule has 2 N–H and O–H groups in total. The lowest BCUT2D eigenvalue weighted by Gasteiger charge is -2.12. The Labute approximate surface area is 174 Å². The Balaban J connectivity index is 1.75. The number of nitrogens with one attached hydrogen (secondary N) is 2. The van der Waals surface area contributed by atoms with Crippen LogP contribution in [0, 0.1) is 20.8 Å². The van der Waals surface area contributed by atoms with Gasteiger partial charge in [0.05, 0.1) is 23.6 Å². The first-order valence-electron chi connectivity index (χ1n) is 8.46. The smallest absolute Gasteiger partial charge is 0.175 e. The van der Waals surface area contributed by atoms with Crippen LogP contribution < -0.4 is 10.6 Å². The van der Waals surface area contributed by atoms with Gasteiger partial charge in [0.25, 0.3) is 0 Å². The quantitative estimate of drug-likeness (QED) is 0.511. The number of hydrogen-bond donors (Lipinski definition) is 2. The maximum Gasteiger partial charge on any atom is 0.175 e. The molecule has 27 heavy (non-hydrogen) atoms. The number of rotatable bonds is 4. The largest absolute Gasteiger partial charge is 0.332 e. The number of hydrogen-bond acceptors (Lipinski definition) is 2. The van der Waals surface area contributed by atoms with E-state index in [0.29, 0.717) is 21.7 Å². The van der Waals surface area contributed by atoms with Crippen LogP contribution in [0.1, 0.15) is 22.5 Å². The van der Waals surface area contributed by atoms with E-state index in [1.807, 2.05) is 54.9 Å². The van der Waals surface area contributed by atoms with Crippen LogP contribution in [0.5, 0.6) is 0 Å². The zero-order valence-electron chi connectivity index (χ0n) is 15.3. The molecule has 3 aromatic rings. The van der Waals surface area contributed by atoms with Crippen molar-refractivity contribution in [3.8, 4) is 0 Å². The standard InChI is InChI=1S/C20H20Cl2N4S/c1-12-4-8-17(9-5-12)23-20(27)24-19-13(2)25-26(14(19)3)11-15-6-7-16(21)10-18(15)22/h4-10H,11H2,1-3H3,(H2,23,24,27). The Bertz CT molecular complexity index is 980. The van der Waals surface area contributed by atoms with Crippen molar-refractivity contribution >= 4 is 51.9 Å². The van der Waals surface area contributed by atoms with Crippen molar-refractivity contribution in [3.05, 3.63) is 75.0 Å². The van der Waals surface area contributed by atoms with Crippen LogP contribution in [0.2, 0.25) is 10.0 Å². The molecule has 0 bridgehead atoms. The van der Waals surface area contributed by atoms with E-state index in [-0.39, 0.29) is 0 Å². The van der Waals surface area contributed by atoms with Crippen molar-refractivity contribution in [2.45, 2.75) is 27.3 Å². The lowest BCUT2D eigenvalue weighted by molar-refractivity contribution is 0.659. The van der Waals surface area contributed by atoms with Gasteiger partial charge in [-0.25, -0.2) is 0 Å². The molecule has 1 aromatic heterocycles. The van der Waals surface area contributed by atoms with Crippen LogP contribution in [0.4, 0.5) is 11.4 Å². The molecule has 0 saturated carbocycles. The van der Waals surface area contributed by atoms with E-state index in [9.17, 15) is 0 Å². The summed E-state index contributed by atoms with van der Waals surface area (Å²) >= 11 is 17.7. The van der Waals surface area contributed by atoms with Gasteiger partial charge in [-0.2, -0.15) is 5.10 Å². The van der Waals surface area contributed by atoms with Crippen LogP contribution in [-0.2, 0) is 6.54 Å². The lowest BCUT2D eigenvalue weighted by Crippen LogP contribution is -2.20. The molecule has 1 heterocycles. The minimum atomic E-state index is 0.522. The number of benzene rings is 2. The number of thiocarbonyl (C=S) groups is 1. The van der Waals surface area contributed by atoms with Crippen molar-refractivity contribution in [2.75, 3.05) is 10.6 Å². The highest BCUT2D eigenvalue weighted by molar-refractivity contribution is 7.80. The molecule has 0 atom stereocenters. The number of aromatic nitrogens is 2. The first-order chi connectivity index (χ1) is 12.8. The minimum absolute atomic E-state index is 0.522. The molecule has 3 rings (SSSR count). The third-order valence-corrected chi connectivity index (χ3v) is 5.06. The van der Waals surface area contributed by atoms with Gasteiger partial charge in [-0.1, -0.05) is 47.0 Å². The maximum absolute atomic E-state index is 6.29. The first-order valence-corrected chi connectivity index (χ1v) is 9.62. The fourth-order valence-electron chi connectivity index (χ4n) is 2.76. The summed E-state index contributed by atoms with van der Waals surface area (Å²) in [7, 11) is 0. The third-order valence-electron chi connectivity index (χ3n) is 4.26.